The van der Waals surface area contributed by atoms with Crippen LogP contribution in [0.25, 0.3) is 11.1 Å². The molecule has 53 heavy (non-hydrogen) atoms. The molecule has 292 valence electrons. The van der Waals surface area contributed by atoms with Crippen LogP contribution >= 0.6 is 0 Å². The summed E-state index contributed by atoms with van der Waals surface area (Å²) in [5, 5.41) is 14.9. The number of carboxylic acids is 1. The average molecular weight is 743 g/mol. The van der Waals surface area contributed by atoms with Gasteiger partial charge in [-0.1, -0.05) is 48.5 Å². The molecule has 2 aromatic rings. The lowest BCUT2D eigenvalue weighted by Crippen LogP contribution is -2.42. The van der Waals surface area contributed by atoms with Gasteiger partial charge in [-0.25, -0.2) is 14.4 Å². The monoisotopic (exact) mass is 742 g/mol. The maximum atomic E-state index is 12.7. The fraction of sp³-hybridized carbons (Fsp3) is 0.615. The normalized spacial score (nSPS) is 18.9. The maximum Gasteiger partial charge on any atom is 0.407 e. The first-order valence-electron chi connectivity index (χ1n) is 18.4. The van der Waals surface area contributed by atoms with Crippen LogP contribution in [0.15, 0.2) is 48.5 Å². The minimum absolute atomic E-state index is 0.0478. The van der Waals surface area contributed by atoms with Crippen molar-refractivity contribution < 1.29 is 57.4 Å². The van der Waals surface area contributed by atoms with Gasteiger partial charge in [0.1, 0.15) is 12.6 Å². The predicted molar refractivity (Wildman–Crippen MR) is 192 cm³/mol. The molecule has 2 heterocycles. The van der Waals surface area contributed by atoms with E-state index in [9.17, 15) is 19.5 Å². The van der Waals surface area contributed by atoms with Crippen molar-refractivity contribution in [2.24, 2.45) is 11.8 Å². The lowest BCUT2D eigenvalue weighted by atomic mass is 9.98. The van der Waals surface area contributed by atoms with Gasteiger partial charge in [0, 0.05) is 24.3 Å². The van der Waals surface area contributed by atoms with E-state index in [1.165, 1.54) is 0 Å². The molecule has 2 aromatic carbocycles. The number of aliphatic carboxylic acids is 1. The molecule has 2 fully saturated rings. The molecule has 1 aliphatic carbocycles. The summed E-state index contributed by atoms with van der Waals surface area (Å²) in [6.07, 6.45) is -1.10. The number of ether oxygens (including phenoxy) is 8. The van der Waals surface area contributed by atoms with E-state index >= 15 is 0 Å². The number of alkyl carbamates (subject to hydrolysis) is 2. The third-order valence-electron chi connectivity index (χ3n) is 9.38. The van der Waals surface area contributed by atoms with Crippen LogP contribution in [-0.4, -0.2) is 113 Å². The molecule has 2 amide bonds. The first kappa shape index (κ1) is 40.4. The second kappa shape index (κ2) is 19.0. The van der Waals surface area contributed by atoms with Crippen LogP contribution in [0, 0.1) is 11.8 Å². The number of carbonyl (C=O) groups excluding carboxylic acids is 2. The number of fused-ring (bicyclic) bond motifs is 3. The summed E-state index contributed by atoms with van der Waals surface area (Å²) in [5.41, 5.74) is 4.34. The van der Waals surface area contributed by atoms with E-state index in [-0.39, 0.29) is 50.5 Å². The van der Waals surface area contributed by atoms with E-state index in [0.29, 0.717) is 52.5 Å². The van der Waals surface area contributed by atoms with Gasteiger partial charge in [0.15, 0.2) is 17.7 Å². The first-order chi connectivity index (χ1) is 25.4. The largest absolute Gasteiger partial charge is 0.480 e. The van der Waals surface area contributed by atoms with E-state index in [0.717, 1.165) is 22.3 Å². The van der Waals surface area contributed by atoms with Crippen LogP contribution in [0.1, 0.15) is 64.0 Å². The molecule has 0 unspecified atom stereocenters. The van der Waals surface area contributed by atoms with Gasteiger partial charge in [0.25, 0.3) is 0 Å². The lowest BCUT2D eigenvalue weighted by molar-refractivity contribution is -0.267. The minimum Gasteiger partial charge on any atom is -0.480 e. The lowest BCUT2D eigenvalue weighted by Gasteiger charge is -2.35. The van der Waals surface area contributed by atoms with Gasteiger partial charge in [0.05, 0.1) is 52.9 Å². The highest BCUT2D eigenvalue weighted by Crippen LogP contribution is 2.44. The van der Waals surface area contributed by atoms with Crippen molar-refractivity contribution in [1.82, 2.24) is 10.6 Å². The number of carbonyl (C=O) groups is 3. The minimum atomic E-state index is -1.17. The third kappa shape index (κ3) is 12.4. The molecule has 2 saturated heterocycles. The average Bonchev–Trinajstić information content (AvgIpc) is 3.44. The number of rotatable bonds is 18. The highest BCUT2D eigenvalue weighted by Gasteiger charge is 2.32. The van der Waals surface area contributed by atoms with Crippen LogP contribution in [0.4, 0.5) is 9.59 Å². The number of benzene rings is 2. The van der Waals surface area contributed by atoms with E-state index < -0.39 is 41.9 Å². The SMILES string of the molecule is CC1(C)OCC(COCC(COCC2COC(C)(C)OC2)OC(=O)NCCCC[C@H](NC(=O)OCC2c3ccccc3-c3ccccc32)C(=O)O)CO1. The molecule has 3 aliphatic rings. The molecule has 2 aliphatic heterocycles. The highest BCUT2D eigenvalue weighted by molar-refractivity contribution is 5.81. The number of hydrogen-bond acceptors (Lipinski definition) is 11. The molecule has 0 radical (unpaired) electrons. The molecule has 0 aromatic heterocycles. The summed E-state index contributed by atoms with van der Waals surface area (Å²) in [5.74, 6) is -2.45. The van der Waals surface area contributed by atoms with Crippen LogP contribution < -0.4 is 10.6 Å². The number of hydrogen-bond donors (Lipinski definition) is 3. The fourth-order valence-corrected chi connectivity index (χ4v) is 6.39. The smallest absolute Gasteiger partial charge is 0.407 e. The highest BCUT2D eigenvalue weighted by atomic mass is 16.7. The summed E-state index contributed by atoms with van der Waals surface area (Å²) in [6.45, 7) is 10.7. The topological polar surface area (TPSA) is 169 Å². The standard InChI is InChI=1S/C39H54N2O12/c1-38(2)49-19-26(20-50-38)17-46-23-28(24-47-18-27-21-51-39(3,4)52-22-27)53-36(44)40-16-10-9-15-34(35(42)43)41-37(45)48-25-33-31-13-7-5-11-29(31)30-12-6-8-14-32(30)33/h5-8,11-14,26-28,33-34H,9-10,15-25H2,1-4H3,(H,40,44)(H,41,45)(H,42,43)/t34-/m0/s1. The zero-order valence-electron chi connectivity index (χ0n) is 31.1. The summed E-state index contributed by atoms with van der Waals surface area (Å²) >= 11 is 0. The van der Waals surface area contributed by atoms with Crippen LogP contribution in [-0.2, 0) is 42.7 Å². The molecule has 0 bridgehead atoms. The number of unbranched alkanes of at least 4 members (excludes halogenated alkanes) is 1. The van der Waals surface area contributed by atoms with Crippen molar-refractivity contribution in [3.63, 3.8) is 0 Å². The summed E-state index contributed by atoms with van der Waals surface area (Å²) in [6, 6.07) is 14.8. The molecular weight excluding hydrogens is 688 g/mol. The summed E-state index contributed by atoms with van der Waals surface area (Å²) in [7, 11) is 0. The zero-order chi connectivity index (χ0) is 37.8. The molecule has 14 heteroatoms. The van der Waals surface area contributed by atoms with Gasteiger partial charge in [0.2, 0.25) is 0 Å². The summed E-state index contributed by atoms with van der Waals surface area (Å²) < 4.78 is 45.7. The zero-order valence-corrected chi connectivity index (χ0v) is 31.1. The Bertz CT molecular complexity index is 1420. The number of carboxylic acid groups (broad SMARTS) is 1. The Balaban J connectivity index is 1.01. The van der Waals surface area contributed by atoms with Crippen molar-refractivity contribution in [3.8, 4) is 11.1 Å². The van der Waals surface area contributed by atoms with Crippen LogP contribution in [0.3, 0.4) is 0 Å². The van der Waals surface area contributed by atoms with Crippen molar-refractivity contribution >= 4 is 18.2 Å². The van der Waals surface area contributed by atoms with Gasteiger partial charge < -0.3 is 53.6 Å². The molecule has 0 saturated carbocycles. The molecule has 14 nitrogen and oxygen atoms in total. The van der Waals surface area contributed by atoms with Gasteiger partial charge in [-0.2, -0.15) is 0 Å². The molecular formula is C39H54N2O12. The van der Waals surface area contributed by atoms with E-state index in [4.69, 9.17) is 37.9 Å². The Morgan fingerprint density at radius 1 is 0.755 bits per heavy atom. The molecule has 0 spiro atoms. The van der Waals surface area contributed by atoms with Gasteiger partial charge in [-0.3, -0.25) is 0 Å². The van der Waals surface area contributed by atoms with Gasteiger partial charge >= 0.3 is 18.2 Å². The van der Waals surface area contributed by atoms with Crippen LogP contribution in [0.5, 0.6) is 0 Å². The molecule has 5 rings (SSSR count). The maximum absolute atomic E-state index is 12.7. The summed E-state index contributed by atoms with van der Waals surface area (Å²) in [4.78, 5) is 37.3. The number of amides is 2. The van der Waals surface area contributed by atoms with Gasteiger partial charge in [-0.05, 0) is 69.2 Å². The quantitative estimate of drug-likeness (QED) is 0.174. The Hall–Kier alpha value is -3.79. The van der Waals surface area contributed by atoms with Crippen molar-refractivity contribution in [1.29, 1.82) is 0 Å². The van der Waals surface area contributed by atoms with Crippen molar-refractivity contribution in [3.05, 3.63) is 59.7 Å². The fourth-order valence-electron chi connectivity index (χ4n) is 6.39. The van der Waals surface area contributed by atoms with E-state index in [2.05, 4.69) is 10.6 Å². The Labute approximate surface area is 311 Å². The van der Waals surface area contributed by atoms with Gasteiger partial charge in [-0.15, -0.1) is 0 Å². The predicted octanol–water partition coefficient (Wildman–Crippen LogP) is 5.07. The molecule has 1 atom stereocenters. The Morgan fingerprint density at radius 2 is 1.26 bits per heavy atom. The second-order valence-corrected chi connectivity index (χ2v) is 14.7. The van der Waals surface area contributed by atoms with E-state index in [1.54, 1.807) is 0 Å². The first-order valence-corrected chi connectivity index (χ1v) is 18.4. The van der Waals surface area contributed by atoms with E-state index in [1.807, 2.05) is 76.2 Å². The molecule has 3 N–H and O–H groups in total. The number of nitrogens with one attached hydrogen (secondary N) is 2. The Kier molecular flexibility index (Phi) is 14.5. The Morgan fingerprint density at radius 3 is 1.77 bits per heavy atom. The van der Waals surface area contributed by atoms with Crippen LogP contribution in [0.2, 0.25) is 0 Å². The van der Waals surface area contributed by atoms with Crippen molar-refractivity contribution in [2.75, 3.05) is 66.0 Å². The second-order valence-electron chi connectivity index (χ2n) is 14.7. The van der Waals surface area contributed by atoms with Crippen molar-refractivity contribution in [2.45, 2.75) is 76.6 Å². The third-order valence-corrected chi connectivity index (χ3v) is 9.38.